The molecule has 1 aromatic heterocycles. The molecule has 1 aliphatic heterocycles. The third kappa shape index (κ3) is 3.04. The Labute approximate surface area is 126 Å². The van der Waals surface area contributed by atoms with E-state index in [2.05, 4.69) is 4.98 Å². The smallest absolute Gasteiger partial charge is 0.338 e. The molecular weight excluding hydrogens is 290 g/mol. The Bertz CT molecular complexity index is 620. The molecular formula is C15H15NO2S2. The summed E-state index contributed by atoms with van der Waals surface area (Å²) in [5.41, 5.74) is 2.57. The van der Waals surface area contributed by atoms with Gasteiger partial charge in [0.1, 0.15) is 5.01 Å². The summed E-state index contributed by atoms with van der Waals surface area (Å²) in [6.45, 7) is 2.50. The number of ether oxygens (including phenoxy) is 1. The molecule has 0 amide bonds. The van der Waals surface area contributed by atoms with Gasteiger partial charge >= 0.3 is 5.97 Å². The lowest BCUT2D eigenvalue weighted by atomic mass is 10.1. The molecule has 1 aliphatic rings. The molecule has 0 saturated carbocycles. The second kappa shape index (κ2) is 5.97. The van der Waals surface area contributed by atoms with E-state index in [1.54, 1.807) is 17.4 Å². The number of aryl methyl sites for hydroxylation is 1. The van der Waals surface area contributed by atoms with Gasteiger partial charge in [0, 0.05) is 34.1 Å². The van der Waals surface area contributed by atoms with Crippen LogP contribution in [0.1, 0.15) is 16.1 Å². The standard InChI is InChI=1S/C15H15NO2S2/c1-10-7-20-14(16-10)12-3-2-4-13(5-12)15(17)18-6-11-8-19-9-11/h2-5,7,11H,6,8-9H2,1H3. The van der Waals surface area contributed by atoms with Crippen LogP contribution in [0.5, 0.6) is 0 Å². The van der Waals surface area contributed by atoms with Gasteiger partial charge in [0.2, 0.25) is 0 Å². The molecule has 5 heteroatoms. The van der Waals surface area contributed by atoms with E-state index in [1.165, 1.54) is 0 Å². The Kier molecular flexibility index (Phi) is 4.08. The van der Waals surface area contributed by atoms with Crippen molar-refractivity contribution in [1.29, 1.82) is 0 Å². The zero-order chi connectivity index (χ0) is 13.9. The number of thioether (sulfide) groups is 1. The predicted molar refractivity (Wildman–Crippen MR) is 83.4 cm³/mol. The van der Waals surface area contributed by atoms with Gasteiger partial charge < -0.3 is 4.74 Å². The van der Waals surface area contributed by atoms with Crippen LogP contribution < -0.4 is 0 Å². The van der Waals surface area contributed by atoms with Crippen molar-refractivity contribution in [3.05, 3.63) is 40.9 Å². The number of rotatable bonds is 4. The van der Waals surface area contributed by atoms with Crippen LogP contribution in [0.2, 0.25) is 0 Å². The molecule has 0 N–H and O–H groups in total. The molecule has 0 bridgehead atoms. The third-order valence-electron chi connectivity index (χ3n) is 3.12. The lowest BCUT2D eigenvalue weighted by Gasteiger charge is -2.24. The topological polar surface area (TPSA) is 39.2 Å². The fraction of sp³-hybridized carbons (Fsp3) is 0.333. The zero-order valence-corrected chi connectivity index (χ0v) is 12.8. The first kappa shape index (κ1) is 13.6. The normalized spacial score (nSPS) is 14.8. The highest BCUT2D eigenvalue weighted by atomic mass is 32.2. The second-order valence-electron chi connectivity index (χ2n) is 4.88. The Morgan fingerprint density at radius 2 is 2.30 bits per heavy atom. The molecule has 1 saturated heterocycles. The van der Waals surface area contributed by atoms with E-state index < -0.39 is 0 Å². The number of aromatic nitrogens is 1. The lowest BCUT2D eigenvalue weighted by molar-refractivity contribution is 0.0458. The second-order valence-corrected chi connectivity index (χ2v) is 6.81. The van der Waals surface area contributed by atoms with Crippen molar-refractivity contribution < 1.29 is 9.53 Å². The maximum Gasteiger partial charge on any atom is 0.338 e. The summed E-state index contributed by atoms with van der Waals surface area (Å²) < 4.78 is 5.36. The fourth-order valence-electron chi connectivity index (χ4n) is 1.92. The number of thiazole rings is 1. The Balaban J connectivity index is 1.71. The van der Waals surface area contributed by atoms with Crippen LogP contribution in [0.4, 0.5) is 0 Å². The van der Waals surface area contributed by atoms with E-state index in [9.17, 15) is 4.79 Å². The average Bonchev–Trinajstić information content (AvgIpc) is 2.84. The molecule has 3 rings (SSSR count). The van der Waals surface area contributed by atoms with Crippen LogP contribution in [0.25, 0.3) is 10.6 Å². The predicted octanol–water partition coefficient (Wildman–Crippen LogP) is 3.64. The van der Waals surface area contributed by atoms with Crippen molar-refractivity contribution in [3.63, 3.8) is 0 Å². The molecule has 0 aliphatic carbocycles. The molecule has 1 aromatic carbocycles. The molecule has 2 heterocycles. The van der Waals surface area contributed by atoms with Gasteiger partial charge in [-0.25, -0.2) is 9.78 Å². The van der Waals surface area contributed by atoms with E-state index in [4.69, 9.17) is 4.74 Å². The summed E-state index contributed by atoms with van der Waals surface area (Å²) in [6, 6.07) is 7.50. The summed E-state index contributed by atoms with van der Waals surface area (Å²) >= 11 is 3.48. The SMILES string of the molecule is Cc1csc(-c2cccc(C(=O)OCC3CSC3)c2)n1. The molecule has 2 aromatic rings. The first-order chi connectivity index (χ1) is 9.72. The van der Waals surface area contributed by atoms with Gasteiger partial charge in [-0.1, -0.05) is 12.1 Å². The quantitative estimate of drug-likeness (QED) is 0.809. The number of carbonyl (C=O) groups excluding carboxylic acids is 1. The van der Waals surface area contributed by atoms with Crippen LogP contribution >= 0.6 is 23.1 Å². The Morgan fingerprint density at radius 1 is 1.45 bits per heavy atom. The van der Waals surface area contributed by atoms with Crippen LogP contribution in [-0.4, -0.2) is 29.1 Å². The lowest BCUT2D eigenvalue weighted by Crippen LogP contribution is -2.25. The van der Waals surface area contributed by atoms with Crippen LogP contribution in [0.15, 0.2) is 29.6 Å². The molecule has 20 heavy (non-hydrogen) atoms. The summed E-state index contributed by atoms with van der Waals surface area (Å²) in [5, 5.41) is 2.95. The van der Waals surface area contributed by atoms with Crippen molar-refractivity contribution in [2.24, 2.45) is 5.92 Å². The number of nitrogens with zero attached hydrogens (tertiary/aromatic N) is 1. The first-order valence-electron chi connectivity index (χ1n) is 6.50. The van der Waals surface area contributed by atoms with Crippen molar-refractivity contribution in [3.8, 4) is 10.6 Å². The fourth-order valence-corrected chi connectivity index (χ4v) is 3.48. The minimum Gasteiger partial charge on any atom is -0.462 e. The van der Waals surface area contributed by atoms with Gasteiger partial charge in [-0.15, -0.1) is 11.3 Å². The van der Waals surface area contributed by atoms with Crippen molar-refractivity contribution >= 4 is 29.1 Å². The molecule has 0 atom stereocenters. The summed E-state index contributed by atoms with van der Waals surface area (Å²) in [5.74, 6) is 2.50. The number of carbonyl (C=O) groups is 1. The molecule has 0 spiro atoms. The van der Waals surface area contributed by atoms with Gasteiger partial charge in [-0.2, -0.15) is 11.8 Å². The van der Waals surface area contributed by atoms with Crippen LogP contribution in [0.3, 0.4) is 0 Å². The summed E-state index contributed by atoms with van der Waals surface area (Å²) in [6.07, 6.45) is 0. The molecule has 1 fully saturated rings. The van der Waals surface area contributed by atoms with E-state index in [-0.39, 0.29) is 5.97 Å². The summed E-state index contributed by atoms with van der Waals surface area (Å²) in [7, 11) is 0. The zero-order valence-electron chi connectivity index (χ0n) is 11.2. The maximum atomic E-state index is 12.0. The van der Waals surface area contributed by atoms with E-state index in [1.807, 2.05) is 42.3 Å². The highest BCUT2D eigenvalue weighted by Gasteiger charge is 2.20. The van der Waals surface area contributed by atoms with E-state index >= 15 is 0 Å². The van der Waals surface area contributed by atoms with Gasteiger partial charge in [0.25, 0.3) is 0 Å². The maximum absolute atomic E-state index is 12.0. The van der Waals surface area contributed by atoms with Crippen molar-refractivity contribution in [1.82, 2.24) is 4.98 Å². The van der Waals surface area contributed by atoms with E-state index in [0.29, 0.717) is 18.1 Å². The first-order valence-corrected chi connectivity index (χ1v) is 8.53. The third-order valence-corrected chi connectivity index (χ3v) is 5.54. The van der Waals surface area contributed by atoms with E-state index in [0.717, 1.165) is 27.8 Å². The monoisotopic (exact) mass is 305 g/mol. The van der Waals surface area contributed by atoms with Crippen molar-refractivity contribution in [2.75, 3.05) is 18.1 Å². The molecule has 3 nitrogen and oxygen atoms in total. The number of hydrogen-bond donors (Lipinski definition) is 0. The number of esters is 1. The van der Waals surface area contributed by atoms with Crippen LogP contribution in [-0.2, 0) is 4.74 Å². The molecule has 0 radical (unpaired) electrons. The number of hydrogen-bond acceptors (Lipinski definition) is 5. The van der Waals surface area contributed by atoms with Crippen LogP contribution in [0, 0.1) is 12.8 Å². The number of benzene rings is 1. The van der Waals surface area contributed by atoms with Gasteiger partial charge in [-0.05, 0) is 19.1 Å². The van der Waals surface area contributed by atoms with Gasteiger partial charge in [0.15, 0.2) is 0 Å². The Hall–Kier alpha value is -1.33. The molecule has 104 valence electrons. The highest BCUT2D eigenvalue weighted by Crippen LogP contribution is 2.26. The highest BCUT2D eigenvalue weighted by molar-refractivity contribution is 8.00. The average molecular weight is 305 g/mol. The van der Waals surface area contributed by atoms with Crippen molar-refractivity contribution in [2.45, 2.75) is 6.92 Å². The Morgan fingerprint density at radius 3 is 2.95 bits per heavy atom. The summed E-state index contributed by atoms with van der Waals surface area (Å²) in [4.78, 5) is 16.5. The largest absolute Gasteiger partial charge is 0.462 e. The minimum absolute atomic E-state index is 0.239. The van der Waals surface area contributed by atoms with Gasteiger partial charge in [0.05, 0.1) is 12.2 Å². The molecule has 0 unspecified atom stereocenters. The minimum atomic E-state index is -0.239. The van der Waals surface area contributed by atoms with Gasteiger partial charge in [-0.3, -0.25) is 0 Å².